The Morgan fingerprint density at radius 3 is 2.46 bits per heavy atom. The van der Waals surface area contributed by atoms with Crippen LogP contribution in [0.5, 0.6) is 0 Å². The molecule has 0 spiro atoms. The molecule has 0 radical (unpaired) electrons. The lowest BCUT2D eigenvalue weighted by atomic mass is 10.0. The predicted octanol–water partition coefficient (Wildman–Crippen LogP) is 1.51. The molecule has 11 nitrogen and oxygen atoms in total. The molecular weight excluding hydrogens is 548 g/mol. The molecule has 3 aromatic rings. The number of sulfonamides is 1. The Labute approximate surface area is 238 Å². The lowest BCUT2D eigenvalue weighted by Gasteiger charge is -2.35. The Kier molecular flexibility index (Phi) is 8.49. The van der Waals surface area contributed by atoms with Gasteiger partial charge in [-0.3, -0.25) is 0 Å². The monoisotopic (exact) mass is 582 g/mol. The van der Waals surface area contributed by atoms with Gasteiger partial charge in [0.05, 0.1) is 12.7 Å². The maximum Gasteiger partial charge on any atom is 0.251 e. The summed E-state index contributed by atoms with van der Waals surface area (Å²) < 4.78 is 39.4. The van der Waals surface area contributed by atoms with E-state index in [1.807, 2.05) is 18.2 Å². The number of nitrogens with one attached hydrogen (secondary N) is 1. The zero-order valence-corrected chi connectivity index (χ0v) is 23.7. The van der Waals surface area contributed by atoms with E-state index in [1.54, 1.807) is 18.2 Å². The van der Waals surface area contributed by atoms with Crippen molar-refractivity contribution in [3.63, 3.8) is 0 Å². The topological polar surface area (TPSA) is 160 Å². The highest BCUT2D eigenvalue weighted by Crippen LogP contribution is 2.32. The van der Waals surface area contributed by atoms with Gasteiger partial charge in [-0.15, -0.1) is 0 Å². The second kappa shape index (κ2) is 11.9. The third-order valence-corrected chi connectivity index (χ3v) is 9.23. The van der Waals surface area contributed by atoms with E-state index in [2.05, 4.69) is 39.8 Å². The minimum Gasteiger partial charge on any atom is -0.456 e. The zero-order valence-electron chi connectivity index (χ0n) is 22.9. The maximum atomic E-state index is 13.0. The minimum atomic E-state index is -4.31. The molecule has 12 heteroatoms. The highest BCUT2D eigenvalue weighted by Gasteiger charge is 2.38. The first-order chi connectivity index (χ1) is 19.6. The van der Waals surface area contributed by atoms with Gasteiger partial charge in [-0.1, -0.05) is 18.2 Å². The Bertz CT molecular complexity index is 1590. The number of nitrogens with zero attached hydrogens (tertiary/aromatic N) is 3. The van der Waals surface area contributed by atoms with E-state index in [1.165, 1.54) is 12.6 Å². The predicted molar refractivity (Wildman–Crippen MR) is 154 cm³/mol. The molecule has 2 aliphatic rings. The van der Waals surface area contributed by atoms with Crippen LogP contribution >= 0.6 is 0 Å². The van der Waals surface area contributed by atoms with E-state index in [-0.39, 0.29) is 17.9 Å². The van der Waals surface area contributed by atoms with Crippen LogP contribution in [0.2, 0.25) is 0 Å². The van der Waals surface area contributed by atoms with Crippen LogP contribution in [0.1, 0.15) is 12.7 Å². The van der Waals surface area contributed by atoms with Gasteiger partial charge in [-0.05, 0) is 55.1 Å². The molecule has 5 rings (SSSR count). The third-order valence-electron chi connectivity index (χ3n) is 7.74. The van der Waals surface area contributed by atoms with E-state index in [0.717, 1.165) is 42.5 Å². The van der Waals surface area contributed by atoms with Gasteiger partial charge in [-0.2, -0.15) is 5.26 Å². The highest BCUT2D eigenvalue weighted by molar-refractivity contribution is 7.93. The first-order valence-electron chi connectivity index (χ1n) is 13.4. The molecule has 4 N–H and O–H groups in total. The summed E-state index contributed by atoms with van der Waals surface area (Å²) in [7, 11) is -2.18. The van der Waals surface area contributed by atoms with Crippen molar-refractivity contribution < 1.29 is 32.9 Å². The Hall–Kier alpha value is -3.28. The molecule has 0 aliphatic carbocycles. The summed E-state index contributed by atoms with van der Waals surface area (Å²) in [5, 5.41) is 41.3. The molecule has 0 bridgehead atoms. The molecule has 4 atom stereocenters. The van der Waals surface area contributed by atoms with E-state index >= 15 is 0 Å². The van der Waals surface area contributed by atoms with E-state index in [4.69, 9.17) is 9.15 Å². The molecule has 2 aromatic carbocycles. The first kappa shape index (κ1) is 29.2. The highest BCUT2D eigenvalue weighted by atomic mass is 32.2. The van der Waals surface area contributed by atoms with Gasteiger partial charge < -0.3 is 34.3 Å². The molecule has 2 fully saturated rings. The van der Waals surface area contributed by atoms with Gasteiger partial charge in [0.25, 0.3) is 10.0 Å². The van der Waals surface area contributed by atoms with Crippen LogP contribution in [0.25, 0.3) is 27.7 Å². The number of nitriles is 1. The summed E-state index contributed by atoms with van der Waals surface area (Å²) in [6.07, 6.45) is -5.33. The molecule has 41 heavy (non-hydrogen) atoms. The van der Waals surface area contributed by atoms with Crippen molar-refractivity contribution in [3.8, 4) is 17.4 Å². The number of likely N-dealkylation sites (N-methyl/N-ethyl adjacent to an activating group) is 1. The number of allylic oxidation sites excluding steroid dienone is 2. The van der Waals surface area contributed by atoms with E-state index < -0.39 is 45.9 Å². The summed E-state index contributed by atoms with van der Waals surface area (Å²) >= 11 is 0. The summed E-state index contributed by atoms with van der Waals surface area (Å²) in [5.74, 6) is 0.748. The number of ether oxygens (including phenoxy) is 1. The summed E-state index contributed by atoms with van der Waals surface area (Å²) in [6.45, 7) is 4.86. The number of anilines is 1. The van der Waals surface area contributed by atoms with E-state index in [0.29, 0.717) is 5.76 Å². The van der Waals surface area contributed by atoms with Crippen molar-refractivity contribution in [2.45, 2.75) is 31.3 Å². The number of aliphatic hydroxyl groups excluding tert-OH is 3. The van der Waals surface area contributed by atoms with Crippen LogP contribution in [0.15, 0.2) is 57.9 Å². The largest absolute Gasteiger partial charge is 0.456 e. The number of hydrogen-bond acceptors (Lipinski definition) is 10. The standard InChI is InChI=1S/C29H34N4O7S/c1-18(27(15-30)41(37,38)31-16-26-29(36)28(35)23(34)17-39-26)24-7-8-25(40-24)21-4-3-20-14-22(6-5-19(20)13-21)33-11-9-32(2)10-12-33/h3-8,13-14,23,26,28-29,31,34-36H,9-12,16-17H2,1-2H3. The van der Waals surface area contributed by atoms with Crippen LogP contribution < -0.4 is 9.62 Å². The van der Waals surface area contributed by atoms with Crippen LogP contribution in [-0.2, 0) is 14.8 Å². The summed E-state index contributed by atoms with van der Waals surface area (Å²) in [4.78, 5) is 4.16. The number of aliphatic hydroxyl groups is 3. The fraction of sp³-hybridized carbons (Fsp3) is 0.414. The molecule has 1 aromatic heterocycles. The second-order valence-corrected chi connectivity index (χ2v) is 12.2. The van der Waals surface area contributed by atoms with Crippen LogP contribution in [0.4, 0.5) is 5.69 Å². The average Bonchev–Trinajstić information content (AvgIpc) is 3.46. The first-order valence-corrected chi connectivity index (χ1v) is 14.9. The maximum absolute atomic E-state index is 13.0. The summed E-state index contributed by atoms with van der Waals surface area (Å²) in [5.41, 5.74) is 2.12. The molecule has 4 unspecified atom stereocenters. The molecular formula is C29H34N4O7S. The van der Waals surface area contributed by atoms with Gasteiger partial charge in [-0.25, -0.2) is 13.1 Å². The van der Waals surface area contributed by atoms with Crippen molar-refractivity contribution in [1.82, 2.24) is 9.62 Å². The molecule has 2 saturated heterocycles. The van der Waals surface area contributed by atoms with Gasteiger partial charge >= 0.3 is 0 Å². The fourth-order valence-electron chi connectivity index (χ4n) is 5.11. The molecule has 0 saturated carbocycles. The zero-order chi connectivity index (χ0) is 29.3. The Balaban J connectivity index is 1.32. The van der Waals surface area contributed by atoms with Crippen LogP contribution in [0.3, 0.4) is 0 Å². The van der Waals surface area contributed by atoms with Crippen molar-refractivity contribution in [2.75, 3.05) is 51.3 Å². The quantitative estimate of drug-likeness (QED) is 0.301. The Morgan fingerprint density at radius 1 is 1.02 bits per heavy atom. The number of fused-ring (bicyclic) bond motifs is 1. The summed E-state index contributed by atoms with van der Waals surface area (Å²) in [6, 6.07) is 17.4. The molecule has 3 heterocycles. The van der Waals surface area contributed by atoms with E-state index in [9.17, 15) is 29.0 Å². The van der Waals surface area contributed by atoms with Crippen LogP contribution in [-0.4, -0.2) is 99.4 Å². The molecule has 218 valence electrons. The van der Waals surface area contributed by atoms with Crippen molar-refractivity contribution in [3.05, 3.63) is 59.2 Å². The number of furan rings is 1. The van der Waals surface area contributed by atoms with Crippen molar-refractivity contribution in [2.24, 2.45) is 0 Å². The van der Waals surface area contributed by atoms with Gasteiger partial charge in [0, 0.05) is 49.5 Å². The third kappa shape index (κ3) is 6.17. The van der Waals surface area contributed by atoms with Gasteiger partial charge in [0.1, 0.15) is 35.9 Å². The second-order valence-electron chi connectivity index (χ2n) is 10.5. The number of benzene rings is 2. The van der Waals surface area contributed by atoms with Crippen LogP contribution in [0, 0.1) is 11.3 Å². The average molecular weight is 583 g/mol. The lowest BCUT2D eigenvalue weighted by Crippen LogP contribution is -2.56. The number of rotatable bonds is 7. The molecule has 0 amide bonds. The van der Waals surface area contributed by atoms with Crippen molar-refractivity contribution >= 4 is 32.1 Å². The smallest absolute Gasteiger partial charge is 0.251 e. The minimum absolute atomic E-state index is 0.115. The van der Waals surface area contributed by atoms with Gasteiger partial charge in [0.15, 0.2) is 4.91 Å². The fourth-order valence-corrected chi connectivity index (χ4v) is 6.26. The number of hydrogen-bond donors (Lipinski definition) is 4. The lowest BCUT2D eigenvalue weighted by molar-refractivity contribution is -0.184. The SMILES string of the molecule is CC(=C(C#N)S(=O)(=O)NCC1OCC(O)C(O)C1O)c1ccc(-c2ccc3cc(N4CCN(C)CC4)ccc3c2)o1. The normalized spacial score (nSPS) is 24.7. The molecule has 2 aliphatic heterocycles. The Morgan fingerprint density at radius 2 is 1.73 bits per heavy atom. The number of piperazine rings is 1. The van der Waals surface area contributed by atoms with Crippen molar-refractivity contribution in [1.29, 1.82) is 5.26 Å². The van der Waals surface area contributed by atoms with Gasteiger partial charge in [0.2, 0.25) is 0 Å².